The van der Waals surface area contributed by atoms with E-state index in [1.807, 2.05) is 0 Å². The molecule has 0 atom stereocenters. The number of aromatic amines is 1. The summed E-state index contributed by atoms with van der Waals surface area (Å²) in [6.45, 7) is 0. The van der Waals surface area contributed by atoms with E-state index in [4.69, 9.17) is 5.26 Å². The van der Waals surface area contributed by atoms with Gasteiger partial charge in [-0.3, -0.25) is 0 Å². The summed E-state index contributed by atoms with van der Waals surface area (Å²) in [6, 6.07) is 2.29. The molecule has 0 amide bonds. The lowest BCUT2D eigenvalue weighted by Crippen LogP contribution is -2.16. The third-order valence-corrected chi connectivity index (χ3v) is 1.81. The molecule has 1 rings (SSSR count). The summed E-state index contributed by atoms with van der Waals surface area (Å²) in [4.78, 5) is 22.2. The minimum absolute atomic E-state index is 0.219. The fraction of sp³-hybridized carbons (Fsp3) is 0.250. The molecule has 0 saturated heterocycles. The van der Waals surface area contributed by atoms with Crippen LogP contribution in [0.4, 0.5) is 14.6 Å². The summed E-state index contributed by atoms with van der Waals surface area (Å²) in [5.74, 6) is -1.04. The highest BCUT2D eigenvalue weighted by atomic mass is 19.3. The van der Waals surface area contributed by atoms with Crippen LogP contribution in [0.2, 0.25) is 0 Å². The number of H-pyrrole nitrogens is 1. The molecule has 0 aliphatic rings. The van der Waals surface area contributed by atoms with Gasteiger partial charge in [0.05, 0.1) is 18.1 Å². The summed E-state index contributed by atoms with van der Waals surface area (Å²) in [5.41, 5.74) is -2.02. The molecule has 0 aromatic carbocycles. The minimum Gasteiger partial charge on any atom is -0.358 e. The standard InChI is InChI=1S/C8H5F2N3O3/c9-6(10)5-3-4(1-2-11)8(14)12-7(5)13(15)16/h3,6H,1H2,(H,12,14). The second-order valence-corrected chi connectivity index (χ2v) is 2.82. The smallest absolute Gasteiger partial charge is 0.336 e. The zero-order chi connectivity index (χ0) is 12.3. The number of alkyl halides is 2. The topological polar surface area (TPSA) is 99.8 Å². The molecule has 1 heterocycles. The molecular weight excluding hydrogens is 224 g/mol. The van der Waals surface area contributed by atoms with Crippen LogP contribution in [-0.4, -0.2) is 9.91 Å². The number of halogens is 2. The lowest BCUT2D eigenvalue weighted by atomic mass is 10.1. The maximum Gasteiger partial charge on any atom is 0.336 e. The summed E-state index contributed by atoms with van der Waals surface area (Å²) in [7, 11) is 0. The molecule has 1 N–H and O–H groups in total. The number of nitrogens with zero attached hydrogens (tertiary/aromatic N) is 2. The highest BCUT2D eigenvalue weighted by molar-refractivity contribution is 5.36. The molecule has 0 saturated carbocycles. The van der Waals surface area contributed by atoms with Crippen molar-refractivity contribution in [3.05, 3.63) is 37.7 Å². The molecule has 1 aromatic heterocycles. The third-order valence-electron chi connectivity index (χ3n) is 1.81. The fourth-order valence-corrected chi connectivity index (χ4v) is 1.12. The van der Waals surface area contributed by atoms with Gasteiger partial charge in [0, 0.05) is 0 Å². The molecule has 0 unspecified atom stereocenters. The van der Waals surface area contributed by atoms with Crippen molar-refractivity contribution in [1.82, 2.24) is 4.98 Å². The number of rotatable bonds is 3. The Labute approximate surface area is 87.3 Å². The van der Waals surface area contributed by atoms with Gasteiger partial charge in [-0.05, 0) is 11.0 Å². The van der Waals surface area contributed by atoms with E-state index in [1.54, 1.807) is 11.1 Å². The minimum atomic E-state index is -3.09. The van der Waals surface area contributed by atoms with Crippen molar-refractivity contribution < 1.29 is 13.7 Å². The van der Waals surface area contributed by atoms with Crippen molar-refractivity contribution in [1.29, 1.82) is 5.26 Å². The van der Waals surface area contributed by atoms with Crippen LogP contribution in [0.1, 0.15) is 17.6 Å². The van der Waals surface area contributed by atoms with E-state index in [0.29, 0.717) is 6.07 Å². The summed E-state index contributed by atoms with van der Waals surface area (Å²) in [5, 5.41) is 18.7. The van der Waals surface area contributed by atoms with Gasteiger partial charge in [0.2, 0.25) is 0 Å². The van der Waals surface area contributed by atoms with Gasteiger partial charge >= 0.3 is 11.4 Å². The van der Waals surface area contributed by atoms with Crippen LogP contribution in [0.5, 0.6) is 0 Å². The van der Waals surface area contributed by atoms with Crippen molar-refractivity contribution in [2.24, 2.45) is 0 Å². The highest BCUT2D eigenvalue weighted by Gasteiger charge is 2.23. The van der Waals surface area contributed by atoms with Gasteiger partial charge in [0.1, 0.15) is 5.56 Å². The molecule has 0 bridgehead atoms. The van der Waals surface area contributed by atoms with E-state index in [1.165, 1.54) is 0 Å². The van der Waals surface area contributed by atoms with Gasteiger partial charge in [-0.1, -0.05) is 0 Å². The van der Waals surface area contributed by atoms with E-state index in [-0.39, 0.29) is 12.0 Å². The van der Waals surface area contributed by atoms with Crippen LogP contribution in [0.15, 0.2) is 10.9 Å². The van der Waals surface area contributed by atoms with E-state index in [9.17, 15) is 23.7 Å². The lowest BCUT2D eigenvalue weighted by Gasteiger charge is -2.03. The average Bonchev–Trinajstić information content (AvgIpc) is 2.20. The van der Waals surface area contributed by atoms with Crippen molar-refractivity contribution in [3.63, 3.8) is 0 Å². The monoisotopic (exact) mass is 229 g/mol. The number of hydrogen-bond donors (Lipinski definition) is 1. The summed E-state index contributed by atoms with van der Waals surface area (Å²) >= 11 is 0. The fourth-order valence-electron chi connectivity index (χ4n) is 1.12. The van der Waals surface area contributed by atoms with Gasteiger partial charge in [-0.15, -0.1) is 0 Å². The number of pyridine rings is 1. The van der Waals surface area contributed by atoms with Gasteiger partial charge < -0.3 is 10.1 Å². The van der Waals surface area contributed by atoms with Gasteiger partial charge in [0.15, 0.2) is 0 Å². The van der Waals surface area contributed by atoms with Crippen molar-refractivity contribution in [2.75, 3.05) is 0 Å². The zero-order valence-electron chi connectivity index (χ0n) is 7.74. The van der Waals surface area contributed by atoms with Crippen molar-refractivity contribution in [3.8, 4) is 6.07 Å². The maximum atomic E-state index is 12.4. The lowest BCUT2D eigenvalue weighted by molar-refractivity contribution is -0.391. The van der Waals surface area contributed by atoms with E-state index >= 15 is 0 Å². The average molecular weight is 229 g/mol. The molecule has 84 valence electrons. The van der Waals surface area contributed by atoms with Crippen molar-refractivity contribution in [2.45, 2.75) is 12.8 Å². The van der Waals surface area contributed by atoms with Crippen LogP contribution in [0.25, 0.3) is 0 Å². The van der Waals surface area contributed by atoms with Crippen LogP contribution in [-0.2, 0) is 6.42 Å². The number of aromatic nitrogens is 1. The first kappa shape index (κ1) is 11.8. The Morgan fingerprint density at radius 3 is 2.69 bits per heavy atom. The maximum absolute atomic E-state index is 12.4. The molecule has 0 radical (unpaired) electrons. The van der Waals surface area contributed by atoms with Crippen LogP contribution in [0.3, 0.4) is 0 Å². The normalized spacial score (nSPS) is 10.1. The van der Waals surface area contributed by atoms with Crippen molar-refractivity contribution >= 4 is 5.82 Å². The summed E-state index contributed by atoms with van der Waals surface area (Å²) < 4.78 is 24.9. The zero-order valence-corrected chi connectivity index (χ0v) is 7.74. The van der Waals surface area contributed by atoms with Gasteiger partial charge in [-0.25, -0.2) is 18.6 Å². The molecule has 0 aliphatic carbocycles. The Balaban J connectivity index is 3.44. The second-order valence-electron chi connectivity index (χ2n) is 2.82. The third kappa shape index (κ3) is 2.20. The van der Waals surface area contributed by atoms with E-state index in [0.717, 1.165) is 0 Å². The van der Waals surface area contributed by atoms with Gasteiger partial charge in [-0.2, -0.15) is 5.26 Å². The Morgan fingerprint density at radius 2 is 2.25 bits per heavy atom. The molecule has 1 aromatic rings. The number of nitro groups is 1. The Bertz CT molecular complexity index is 518. The highest BCUT2D eigenvalue weighted by Crippen LogP contribution is 2.26. The van der Waals surface area contributed by atoms with E-state index in [2.05, 4.69) is 0 Å². The molecule has 0 fully saturated rings. The largest absolute Gasteiger partial charge is 0.358 e. The quantitative estimate of drug-likeness (QED) is 0.623. The predicted octanol–water partition coefficient (Wildman–Crippen LogP) is 1.29. The van der Waals surface area contributed by atoms with E-state index < -0.39 is 28.3 Å². The number of nitriles is 1. The second kappa shape index (κ2) is 4.48. The number of nitrogens with one attached hydrogen (secondary N) is 1. The predicted molar refractivity (Wildman–Crippen MR) is 48.0 cm³/mol. The first-order valence-corrected chi connectivity index (χ1v) is 4.03. The Hall–Kier alpha value is -2.30. The molecule has 16 heavy (non-hydrogen) atoms. The SMILES string of the molecule is N#CCc1cc(C(F)F)c([N+](=O)[O-])[nH]c1=O. The van der Waals surface area contributed by atoms with Crippen LogP contribution < -0.4 is 5.56 Å². The molecular formula is C8H5F2N3O3. The Morgan fingerprint density at radius 1 is 1.62 bits per heavy atom. The molecule has 0 aliphatic heterocycles. The number of hydrogen-bond acceptors (Lipinski definition) is 4. The Kier molecular flexibility index (Phi) is 3.30. The van der Waals surface area contributed by atoms with Crippen LogP contribution in [0, 0.1) is 21.4 Å². The first-order chi connectivity index (χ1) is 7.47. The van der Waals surface area contributed by atoms with Gasteiger partial charge in [0.25, 0.3) is 6.43 Å². The summed E-state index contributed by atoms with van der Waals surface area (Å²) in [6.07, 6.45) is -3.47. The van der Waals surface area contributed by atoms with Crippen LogP contribution >= 0.6 is 0 Å². The first-order valence-electron chi connectivity index (χ1n) is 4.03. The molecule has 6 nitrogen and oxygen atoms in total. The molecule has 8 heteroatoms. The molecule has 0 spiro atoms.